The normalized spacial score (nSPS) is 11.9. The van der Waals surface area contributed by atoms with Crippen LogP contribution in [0.4, 0.5) is 10.5 Å². The van der Waals surface area contributed by atoms with Crippen LogP contribution in [0.2, 0.25) is 0 Å². The van der Waals surface area contributed by atoms with Gasteiger partial charge in [-0.25, -0.2) is 9.78 Å². The number of benzene rings is 2. The first-order valence-electron chi connectivity index (χ1n) is 11.6. The molecule has 2 amide bonds. The molecule has 1 aliphatic rings. The predicted molar refractivity (Wildman–Crippen MR) is 131 cm³/mol. The van der Waals surface area contributed by atoms with Crippen LogP contribution in [0.25, 0.3) is 11.1 Å². The molecular formula is C27H27N3O5. The van der Waals surface area contributed by atoms with Crippen molar-refractivity contribution >= 4 is 23.7 Å². The van der Waals surface area contributed by atoms with Crippen molar-refractivity contribution in [1.82, 2.24) is 10.3 Å². The van der Waals surface area contributed by atoms with Crippen LogP contribution in [0.1, 0.15) is 53.2 Å². The van der Waals surface area contributed by atoms with Gasteiger partial charge in [-0.15, -0.1) is 0 Å². The molecule has 3 N–H and O–H groups in total. The highest BCUT2D eigenvalue weighted by Gasteiger charge is 2.29. The summed E-state index contributed by atoms with van der Waals surface area (Å²) >= 11 is 0. The van der Waals surface area contributed by atoms with Crippen molar-refractivity contribution in [3.05, 3.63) is 83.7 Å². The van der Waals surface area contributed by atoms with E-state index in [4.69, 9.17) is 9.84 Å². The number of ether oxygens (including phenoxy) is 1. The lowest BCUT2D eigenvalue weighted by atomic mass is 9.98. The third-order valence-electron chi connectivity index (χ3n) is 5.94. The van der Waals surface area contributed by atoms with E-state index in [1.807, 2.05) is 24.3 Å². The quantitative estimate of drug-likeness (QED) is 0.364. The molecule has 1 aromatic heterocycles. The molecule has 1 aliphatic carbocycles. The Morgan fingerprint density at radius 1 is 0.886 bits per heavy atom. The van der Waals surface area contributed by atoms with E-state index in [0.717, 1.165) is 28.7 Å². The van der Waals surface area contributed by atoms with E-state index in [1.165, 1.54) is 12.3 Å². The van der Waals surface area contributed by atoms with Gasteiger partial charge >= 0.3 is 12.1 Å². The number of nitrogens with one attached hydrogen (secondary N) is 2. The van der Waals surface area contributed by atoms with Gasteiger partial charge in [-0.3, -0.25) is 14.9 Å². The zero-order valence-corrected chi connectivity index (χ0v) is 19.2. The minimum atomic E-state index is -0.815. The fourth-order valence-electron chi connectivity index (χ4n) is 4.22. The Balaban J connectivity index is 1.25. The smallest absolute Gasteiger partial charge is 0.411 e. The van der Waals surface area contributed by atoms with Gasteiger partial charge in [-0.05, 0) is 47.2 Å². The van der Waals surface area contributed by atoms with Gasteiger partial charge in [0, 0.05) is 18.9 Å². The van der Waals surface area contributed by atoms with Crippen molar-refractivity contribution in [2.45, 2.75) is 31.6 Å². The highest BCUT2D eigenvalue weighted by atomic mass is 16.5. The molecule has 0 saturated carbocycles. The van der Waals surface area contributed by atoms with Gasteiger partial charge < -0.3 is 15.2 Å². The third kappa shape index (κ3) is 6.03. The van der Waals surface area contributed by atoms with Crippen molar-refractivity contribution < 1.29 is 24.2 Å². The van der Waals surface area contributed by atoms with E-state index in [-0.39, 0.29) is 30.5 Å². The summed E-state index contributed by atoms with van der Waals surface area (Å²) < 4.78 is 5.53. The second-order valence-electron chi connectivity index (χ2n) is 8.34. The van der Waals surface area contributed by atoms with Crippen LogP contribution < -0.4 is 10.6 Å². The van der Waals surface area contributed by atoms with Gasteiger partial charge in [0.25, 0.3) is 5.91 Å². The number of unbranched alkanes of at least 4 members (excludes halogenated alkanes) is 2. The summed E-state index contributed by atoms with van der Waals surface area (Å²) in [5.74, 6) is -1.16. The highest BCUT2D eigenvalue weighted by molar-refractivity contribution is 5.93. The number of carbonyl (C=O) groups is 3. The molecular weight excluding hydrogens is 446 g/mol. The molecule has 0 fully saturated rings. The number of nitrogens with zero attached hydrogens (tertiary/aromatic N) is 1. The molecule has 0 saturated heterocycles. The standard InChI is InChI=1S/C27H27N3O5/c31-25(32)12-2-1-7-15-28-26(33)24-14-13-18(16-29-24)30-27(34)35-17-23-21-10-5-3-8-19(21)20-9-4-6-11-22(20)23/h3-6,8-11,13-14,16,23H,1-2,7,12,15,17H2,(H,28,33)(H,30,34)(H,31,32). The molecule has 0 bridgehead atoms. The SMILES string of the molecule is O=C(O)CCCCCNC(=O)c1ccc(NC(=O)OCC2c3ccccc3-c3ccccc32)cn1. The Labute approximate surface area is 203 Å². The van der Waals surface area contributed by atoms with E-state index in [9.17, 15) is 14.4 Å². The van der Waals surface area contributed by atoms with Gasteiger partial charge in [0.2, 0.25) is 0 Å². The summed E-state index contributed by atoms with van der Waals surface area (Å²) in [4.78, 5) is 39.2. The molecule has 0 radical (unpaired) electrons. The number of anilines is 1. The molecule has 8 heteroatoms. The number of hydrogen-bond donors (Lipinski definition) is 3. The molecule has 4 rings (SSSR count). The summed E-state index contributed by atoms with van der Waals surface area (Å²) in [5.41, 5.74) is 5.26. The first-order chi connectivity index (χ1) is 17.0. The fourth-order valence-corrected chi connectivity index (χ4v) is 4.22. The minimum Gasteiger partial charge on any atom is -0.481 e. The minimum absolute atomic E-state index is 0.0264. The molecule has 0 spiro atoms. The number of hydrogen-bond acceptors (Lipinski definition) is 5. The number of pyridine rings is 1. The number of carboxylic acids is 1. The lowest BCUT2D eigenvalue weighted by Gasteiger charge is -2.14. The van der Waals surface area contributed by atoms with Crippen molar-refractivity contribution in [2.24, 2.45) is 0 Å². The predicted octanol–water partition coefficient (Wildman–Crippen LogP) is 4.82. The van der Waals surface area contributed by atoms with Gasteiger partial charge in [0.15, 0.2) is 0 Å². The van der Waals surface area contributed by atoms with Gasteiger partial charge in [-0.1, -0.05) is 55.0 Å². The second-order valence-corrected chi connectivity index (χ2v) is 8.34. The van der Waals surface area contributed by atoms with Crippen LogP contribution in [-0.2, 0) is 9.53 Å². The van der Waals surface area contributed by atoms with E-state index < -0.39 is 12.1 Å². The monoisotopic (exact) mass is 473 g/mol. The summed E-state index contributed by atoms with van der Waals surface area (Å²) in [7, 11) is 0. The molecule has 0 atom stereocenters. The van der Waals surface area contributed by atoms with E-state index in [2.05, 4.69) is 39.9 Å². The van der Waals surface area contributed by atoms with Gasteiger partial charge in [-0.2, -0.15) is 0 Å². The van der Waals surface area contributed by atoms with Crippen LogP contribution in [0, 0.1) is 0 Å². The number of rotatable bonds is 10. The first kappa shape index (κ1) is 23.9. The Kier molecular flexibility index (Phi) is 7.72. The number of fused-ring (bicyclic) bond motifs is 3. The zero-order valence-electron chi connectivity index (χ0n) is 19.2. The summed E-state index contributed by atoms with van der Waals surface area (Å²) in [6.07, 6.45) is 2.95. The third-order valence-corrected chi connectivity index (χ3v) is 5.94. The summed E-state index contributed by atoms with van der Waals surface area (Å²) in [6.45, 7) is 0.653. The highest BCUT2D eigenvalue weighted by Crippen LogP contribution is 2.44. The van der Waals surface area contributed by atoms with Crippen molar-refractivity contribution in [3.63, 3.8) is 0 Å². The average Bonchev–Trinajstić information content (AvgIpc) is 3.19. The average molecular weight is 474 g/mol. The maximum atomic E-state index is 12.4. The number of aromatic nitrogens is 1. The Morgan fingerprint density at radius 2 is 1.57 bits per heavy atom. The Bertz CT molecular complexity index is 1160. The molecule has 35 heavy (non-hydrogen) atoms. The van der Waals surface area contributed by atoms with Gasteiger partial charge in [0.05, 0.1) is 11.9 Å². The van der Waals surface area contributed by atoms with E-state index in [0.29, 0.717) is 25.1 Å². The van der Waals surface area contributed by atoms with E-state index in [1.54, 1.807) is 6.07 Å². The summed E-state index contributed by atoms with van der Waals surface area (Å²) in [6, 6.07) is 19.4. The molecule has 0 aliphatic heterocycles. The molecule has 0 unspecified atom stereocenters. The summed E-state index contributed by atoms with van der Waals surface area (Å²) in [5, 5.41) is 14.0. The zero-order chi connectivity index (χ0) is 24.6. The van der Waals surface area contributed by atoms with Crippen LogP contribution >= 0.6 is 0 Å². The van der Waals surface area contributed by atoms with Crippen molar-refractivity contribution in [2.75, 3.05) is 18.5 Å². The molecule has 3 aromatic rings. The van der Waals surface area contributed by atoms with Gasteiger partial charge in [0.1, 0.15) is 12.3 Å². The number of aliphatic carboxylic acids is 1. The van der Waals surface area contributed by atoms with E-state index >= 15 is 0 Å². The maximum absolute atomic E-state index is 12.4. The van der Waals surface area contributed by atoms with Crippen LogP contribution in [0.5, 0.6) is 0 Å². The fraction of sp³-hybridized carbons (Fsp3) is 0.259. The number of amides is 2. The number of carboxylic acid groups (broad SMARTS) is 1. The van der Waals surface area contributed by atoms with Crippen LogP contribution in [0.3, 0.4) is 0 Å². The van der Waals surface area contributed by atoms with Crippen LogP contribution in [-0.4, -0.2) is 41.2 Å². The molecule has 180 valence electrons. The molecule has 2 aromatic carbocycles. The van der Waals surface area contributed by atoms with Crippen molar-refractivity contribution in [1.29, 1.82) is 0 Å². The van der Waals surface area contributed by atoms with Crippen LogP contribution in [0.15, 0.2) is 66.9 Å². The first-order valence-corrected chi connectivity index (χ1v) is 11.6. The topological polar surface area (TPSA) is 118 Å². The molecule has 1 heterocycles. The molecule has 8 nitrogen and oxygen atoms in total. The number of carbonyl (C=O) groups excluding carboxylic acids is 2. The van der Waals surface area contributed by atoms with Crippen molar-refractivity contribution in [3.8, 4) is 11.1 Å². The largest absolute Gasteiger partial charge is 0.481 e. The maximum Gasteiger partial charge on any atom is 0.411 e. The second kappa shape index (κ2) is 11.3. The lowest BCUT2D eigenvalue weighted by molar-refractivity contribution is -0.137. The Morgan fingerprint density at radius 3 is 2.20 bits per heavy atom. The Hall–Kier alpha value is -4.20. The lowest BCUT2D eigenvalue weighted by Crippen LogP contribution is -2.25.